The molecule has 1 fully saturated rings. The quantitative estimate of drug-likeness (QED) is 0.572. The van der Waals surface area contributed by atoms with E-state index in [1.54, 1.807) is 0 Å². The van der Waals surface area contributed by atoms with Gasteiger partial charge in [0.25, 0.3) is 0 Å². The Morgan fingerprint density at radius 3 is 2.23 bits per heavy atom. The second-order valence-corrected chi connectivity index (χ2v) is 5.38. The molecule has 13 heavy (non-hydrogen) atoms. The summed E-state index contributed by atoms with van der Waals surface area (Å²) in [5, 5.41) is 0. The average Bonchev–Trinajstić information content (AvgIpc) is 1.79. The van der Waals surface area contributed by atoms with Gasteiger partial charge in [-0.2, -0.15) is 0 Å². The molecule has 0 radical (unpaired) electrons. The summed E-state index contributed by atoms with van der Waals surface area (Å²) in [5.74, 6) is 0. The fourth-order valence-electron chi connectivity index (χ4n) is 2.36. The van der Waals surface area contributed by atoms with E-state index in [1.165, 1.54) is 0 Å². The maximum atomic E-state index is 5.48. The van der Waals surface area contributed by atoms with Crippen LogP contribution in [0, 0.1) is 0 Å². The van der Waals surface area contributed by atoms with Crippen molar-refractivity contribution in [3.05, 3.63) is 12.3 Å². The molecule has 0 aliphatic carbocycles. The van der Waals surface area contributed by atoms with Gasteiger partial charge in [-0.1, -0.05) is 6.58 Å². The zero-order chi connectivity index (χ0) is 10.3. The summed E-state index contributed by atoms with van der Waals surface area (Å²) in [6.07, 6.45) is 0. The van der Waals surface area contributed by atoms with Crippen LogP contribution in [-0.4, -0.2) is 29.2 Å². The van der Waals surface area contributed by atoms with Gasteiger partial charge in [-0.15, -0.1) is 0 Å². The van der Waals surface area contributed by atoms with Crippen molar-refractivity contribution in [2.24, 2.45) is 0 Å². The minimum atomic E-state index is 0.0631. The highest BCUT2D eigenvalue weighted by molar-refractivity contribution is 5.09. The predicted octanol–water partition coefficient (Wildman–Crippen LogP) is 2.41. The average molecular weight is 183 g/mol. The van der Waals surface area contributed by atoms with Gasteiger partial charge in [0, 0.05) is 11.2 Å². The van der Waals surface area contributed by atoms with Gasteiger partial charge in [0.1, 0.15) is 0 Å². The molecule has 0 aromatic heterocycles. The lowest BCUT2D eigenvalue weighted by molar-refractivity contribution is -0.0568. The summed E-state index contributed by atoms with van der Waals surface area (Å²) < 4.78 is 5.48. The summed E-state index contributed by atoms with van der Waals surface area (Å²) in [6, 6.07) is 0. The Morgan fingerprint density at radius 2 is 1.92 bits per heavy atom. The summed E-state index contributed by atoms with van der Waals surface area (Å²) in [4.78, 5) is 2.36. The fourth-order valence-corrected chi connectivity index (χ4v) is 2.36. The summed E-state index contributed by atoms with van der Waals surface area (Å²) >= 11 is 0. The Labute approximate surface area is 81.6 Å². The fraction of sp³-hybridized carbons (Fsp3) is 0.818. The molecule has 0 unspecified atom stereocenters. The molecule has 0 aromatic carbocycles. The number of ether oxygens (including phenoxy) is 1. The van der Waals surface area contributed by atoms with Gasteiger partial charge in [0.2, 0.25) is 0 Å². The smallest absolute Gasteiger partial charge is 0.0859 e. The number of rotatable bonds is 0. The van der Waals surface area contributed by atoms with Gasteiger partial charge in [-0.25, -0.2) is 0 Å². The number of hydrogen-bond acceptors (Lipinski definition) is 2. The SMILES string of the molecule is C=C1COCC(C)(C)N1C(C)(C)C. The molecule has 0 spiro atoms. The van der Waals surface area contributed by atoms with Crippen molar-refractivity contribution in [3.8, 4) is 0 Å². The molecular weight excluding hydrogens is 162 g/mol. The first kappa shape index (κ1) is 10.6. The van der Waals surface area contributed by atoms with Gasteiger partial charge < -0.3 is 9.64 Å². The molecule has 0 amide bonds. The van der Waals surface area contributed by atoms with Crippen molar-refractivity contribution < 1.29 is 4.74 Å². The van der Waals surface area contributed by atoms with Gasteiger partial charge in [-0.3, -0.25) is 0 Å². The molecule has 0 atom stereocenters. The Kier molecular flexibility index (Phi) is 2.46. The number of morpholine rings is 1. The van der Waals surface area contributed by atoms with Gasteiger partial charge in [0.15, 0.2) is 0 Å². The number of nitrogens with zero attached hydrogens (tertiary/aromatic N) is 1. The summed E-state index contributed by atoms with van der Waals surface area (Å²) in [6.45, 7) is 16.5. The van der Waals surface area contributed by atoms with Crippen LogP contribution in [-0.2, 0) is 4.74 Å². The minimum absolute atomic E-state index is 0.0631. The van der Waals surface area contributed by atoms with Crippen LogP contribution in [0.4, 0.5) is 0 Å². The van der Waals surface area contributed by atoms with Crippen LogP contribution in [0.25, 0.3) is 0 Å². The third-order valence-corrected chi connectivity index (χ3v) is 2.32. The van der Waals surface area contributed by atoms with E-state index in [-0.39, 0.29) is 11.1 Å². The van der Waals surface area contributed by atoms with E-state index >= 15 is 0 Å². The molecule has 1 rings (SSSR count). The lowest BCUT2D eigenvalue weighted by atomic mass is 9.93. The van der Waals surface area contributed by atoms with Crippen molar-refractivity contribution in [1.29, 1.82) is 0 Å². The third-order valence-electron chi connectivity index (χ3n) is 2.32. The van der Waals surface area contributed by atoms with E-state index in [4.69, 9.17) is 4.74 Å². The highest BCUT2D eigenvalue weighted by Crippen LogP contribution is 2.32. The molecule has 1 heterocycles. The summed E-state index contributed by atoms with van der Waals surface area (Å²) in [5.41, 5.74) is 1.28. The molecule has 2 nitrogen and oxygen atoms in total. The normalized spacial score (nSPS) is 23.5. The van der Waals surface area contributed by atoms with Crippen molar-refractivity contribution in [2.45, 2.75) is 45.7 Å². The van der Waals surface area contributed by atoms with Crippen LogP contribution in [0.3, 0.4) is 0 Å². The Morgan fingerprint density at radius 1 is 1.38 bits per heavy atom. The van der Waals surface area contributed by atoms with Crippen molar-refractivity contribution >= 4 is 0 Å². The van der Waals surface area contributed by atoms with Crippen LogP contribution >= 0.6 is 0 Å². The van der Waals surface area contributed by atoms with E-state index in [2.05, 4.69) is 46.1 Å². The maximum Gasteiger partial charge on any atom is 0.0859 e. The van der Waals surface area contributed by atoms with E-state index in [0.717, 1.165) is 12.3 Å². The van der Waals surface area contributed by atoms with Crippen LogP contribution in [0.2, 0.25) is 0 Å². The van der Waals surface area contributed by atoms with E-state index in [9.17, 15) is 0 Å². The number of hydrogen-bond donors (Lipinski definition) is 0. The van der Waals surface area contributed by atoms with Crippen molar-refractivity contribution in [3.63, 3.8) is 0 Å². The van der Waals surface area contributed by atoms with E-state index in [0.29, 0.717) is 6.61 Å². The Bertz CT molecular complexity index is 213. The van der Waals surface area contributed by atoms with Gasteiger partial charge in [0.05, 0.1) is 18.8 Å². The highest BCUT2D eigenvalue weighted by Gasteiger charge is 2.38. The van der Waals surface area contributed by atoms with E-state index in [1.807, 2.05) is 0 Å². The highest BCUT2D eigenvalue weighted by atomic mass is 16.5. The van der Waals surface area contributed by atoms with Gasteiger partial charge >= 0.3 is 0 Å². The molecule has 1 aliphatic heterocycles. The van der Waals surface area contributed by atoms with Crippen LogP contribution in [0.5, 0.6) is 0 Å². The Hall–Kier alpha value is -0.500. The molecule has 2 heteroatoms. The topological polar surface area (TPSA) is 12.5 Å². The molecule has 0 saturated carbocycles. The first-order valence-corrected chi connectivity index (χ1v) is 4.81. The largest absolute Gasteiger partial charge is 0.373 e. The third kappa shape index (κ3) is 2.05. The van der Waals surface area contributed by atoms with Crippen LogP contribution < -0.4 is 0 Å². The first-order valence-electron chi connectivity index (χ1n) is 4.81. The zero-order valence-corrected chi connectivity index (χ0v) is 9.48. The molecule has 0 N–H and O–H groups in total. The van der Waals surface area contributed by atoms with Crippen LogP contribution in [0.15, 0.2) is 12.3 Å². The Balaban J connectivity index is 2.94. The molecule has 76 valence electrons. The minimum Gasteiger partial charge on any atom is -0.373 e. The standard InChI is InChI=1S/C11H21NO/c1-9-7-13-8-11(5,6)12(9)10(2,3)4/h1,7-8H2,2-6H3. The lowest BCUT2D eigenvalue weighted by Crippen LogP contribution is -2.58. The lowest BCUT2D eigenvalue weighted by Gasteiger charge is -2.52. The second-order valence-electron chi connectivity index (χ2n) is 5.38. The first-order chi connectivity index (χ1) is 5.75. The van der Waals surface area contributed by atoms with Crippen LogP contribution in [0.1, 0.15) is 34.6 Å². The molecule has 1 saturated heterocycles. The van der Waals surface area contributed by atoms with Crippen molar-refractivity contribution in [1.82, 2.24) is 4.90 Å². The van der Waals surface area contributed by atoms with E-state index < -0.39 is 0 Å². The molecule has 1 aliphatic rings. The molecule has 0 aromatic rings. The maximum absolute atomic E-state index is 5.48. The van der Waals surface area contributed by atoms with Crippen molar-refractivity contribution in [2.75, 3.05) is 13.2 Å². The molecule has 0 bridgehead atoms. The monoisotopic (exact) mass is 183 g/mol. The molecular formula is C11H21NO. The zero-order valence-electron chi connectivity index (χ0n) is 9.48. The van der Waals surface area contributed by atoms with Gasteiger partial charge in [-0.05, 0) is 34.6 Å². The summed E-state index contributed by atoms with van der Waals surface area (Å²) in [7, 11) is 0. The predicted molar refractivity (Wildman–Crippen MR) is 55.6 cm³/mol. The second kappa shape index (κ2) is 3.02.